The summed E-state index contributed by atoms with van der Waals surface area (Å²) in [5.41, 5.74) is 2.17. The molecule has 0 amide bonds. The van der Waals surface area contributed by atoms with E-state index in [1.165, 1.54) is 5.56 Å². The number of benzene rings is 1. The van der Waals surface area contributed by atoms with E-state index in [-0.39, 0.29) is 5.75 Å². The molecule has 1 heterocycles. The number of phenols is 1. The van der Waals surface area contributed by atoms with E-state index in [9.17, 15) is 0 Å². The number of rotatable bonds is 3. The summed E-state index contributed by atoms with van der Waals surface area (Å²) in [6, 6.07) is 9.03. The number of hydrogen-bond donors (Lipinski definition) is 3. The minimum atomic E-state index is 0.282. The van der Waals surface area contributed by atoms with E-state index in [4.69, 9.17) is 5.11 Å². The molecular formula is C11H11BrN2O. The van der Waals surface area contributed by atoms with Crippen LogP contribution in [0.5, 0.6) is 5.75 Å². The highest BCUT2D eigenvalue weighted by Crippen LogP contribution is 2.15. The maximum Gasteiger partial charge on any atom is 0.115 e. The molecule has 0 aliphatic heterocycles. The Labute approximate surface area is 96.3 Å². The molecule has 0 unspecified atom stereocenters. The van der Waals surface area contributed by atoms with Gasteiger partial charge in [-0.2, -0.15) is 0 Å². The Bertz CT molecular complexity index is 436. The lowest BCUT2D eigenvalue weighted by Gasteiger charge is -2.04. The largest absolute Gasteiger partial charge is 0.508 e. The molecule has 0 saturated carbocycles. The topological polar surface area (TPSA) is 48.0 Å². The summed E-state index contributed by atoms with van der Waals surface area (Å²) in [7, 11) is 0. The Kier molecular flexibility index (Phi) is 2.97. The monoisotopic (exact) mass is 266 g/mol. The van der Waals surface area contributed by atoms with Crippen molar-refractivity contribution in [3.05, 3.63) is 46.7 Å². The van der Waals surface area contributed by atoms with Gasteiger partial charge in [0.1, 0.15) is 5.75 Å². The van der Waals surface area contributed by atoms with Crippen LogP contribution in [0, 0.1) is 0 Å². The predicted octanol–water partition coefficient (Wildman–Crippen LogP) is 3.09. The molecule has 0 saturated heterocycles. The molecule has 0 aliphatic rings. The summed E-state index contributed by atoms with van der Waals surface area (Å²) in [4.78, 5) is 3.05. The van der Waals surface area contributed by atoms with Gasteiger partial charge < -0.3 is 15.4 Å². The number of phenolic OH excluding ortho intramolecular Hbond substituents is 1. The highest BCUT2D eigenvalue weighted by Gasteiger charge is 1.96. The van der Waals surface area contributed by atoms with Crippen molar-refractivity contribution in [2.45, 2.75) is 6.54 Å². The second-order valence-corrected chi connectivity index (χ2v) is 4.11. The number of aromatic nitrogens is 1. The minimum absolute atomic E-state index is 0.282. The number of aromatic hydroxyl groups is 1. The summed E-state index contributed by atoms with van der Waals surface area (Å²) in [6.07, 6.45) is 1.94. The van der Waals surface area contributed by atoms with Gasteiger partial charge in [0.05, 0.1) is 4.60 Å². The summed E-state index contributed by atoms with van der Waals surface area (Å²) >= 11 is 3.35. The highest BCUT2D eigenvalue weighted by molar-refractivity contribution is 9.10. The first-order chi connectivity index (χ1) is 7.24. The summed E-state index contributed by atoms with van der Waals surface area (Å²) < 4.78 is 0.977. The van der Waals surface area contributed by atoms with Crippen LogP contribution in [0.4, 0.5) is 5.69 Å². The van der Waals surface area contributed by atoms with Crippen molar-refractivity contribution in [2.75, 3.05) is 5.32 Å². The molecule has 1 aromatic heterocycles. The van der Waals surface area contributed by atoms with Crippen LogP contribution in [0.2, 0.25) is 0 Å². The Hall–Kier alpha value is -1.42. The molecule has 4 heteroatoms. The Morgan fingerprint density at radius 1 is 1.27 bits per heavy atom. The van der Waals surface area contributed by atoms with Crippen molar-refractivity contribution in [2.24, 2.45) is 0 Å². The molecule has 0 bridgehead atoms. The van der Waals surface area contributed by atoms with Crippen LogP contribution < -0.4 is 5.32 Å². The first-order valence-corrected chi connectivity index (χ1v) is 5.39. The number of halogens is 1. The van der Waals surface area contributed by atoms with Gasteiger partial charge >= 0.3 is 0 Å². The average molecular weight is 267 g/mol. The van der Waals surface area contributed by atoms with Crippen molar-refractivity contribution in [1.29, 1.82) is 0 Å². The quantitative estimate of drug-likeness (QED) is 0.748. The van der Waals surface area contributed by atoms with Gasteiger partial charge in [0, 0.05) is 18.4 Å². The zero-order valence-electron chi connectivity index (χ0n) is 8.00. The zero-order valence-corrected chi connectivity index (χ0v) is 9.58. The number of anilines is 1. The van der Waals surface area contributed by atoms with E-state index in [1.807, 2.05) is 24.4 Å². The van der Waals surface area contributed by atoms with Gasteiger partial charge in [-0.25, -0.2) is 0 Å². The van der Waals surface area contributed by atoms with Crippen LogP contribution in [0.25, 0.3) is 0 Å². The van der Waals surface area contributed by atoms with Crippen LogP contribution in [0.15, 0.2) is 41.1 Å². The first kappa shape index (κ1) is 10.1. The maximum atomic E-state index is 9.11. The fourth-order valence-electron chi connectivity index (χ4n) is 1.29. The fourth-order valence-corrected chi connectivity index (χ4v) is 1.70. The summed E-state index contributed by atoms with van der Waals surface area (Å²) in [5.74, 6) is 0.282. The zero-order chi connectivity index (χ0) is 10.7. The summed E-state index contributed by atoms with van der Waals surface area (Å²) in [5, 5.41) is 12.4. The van der Waals surface area contributed by atoms with Gasteiger partial charge in [-0.1, -0.05) is 0 Å². The third-order valence-electron chi connectivity index (χ3n) is 2.07. The molecule has 0 fully saturated rings. The van der Waals surface area contributed by atoms with Crippen molar-refractivity contribution in [3.63, 3.8) is 0 Å². The molecule has 0 spiro atoms. The molecule has 3 nitrogen and oxygen atoms in total. The van der Waals surface area contributed by atoms with Crippen molar-refractivity contribution in [1.82, 2.24) is 4.98 Å². The van der Waals surface area contributed by atoms with E-state index in [0.717, 1.165) is 16.8 Å². The van der Waals surface area contributed by atoms with E-state index >= 15 is 0 Å². The molecule has 1 aromatic carbocycles. The van der Waals surface area contributed by atoms with Gasteiger partial charge in [0.15, 0.2) is 0 Å². The van der Waals surface area contributed by atoms with E-state index in [1.54, 1.807) is 12.1 Å². The van der Waals surface area contributed by atoms with E-state index in [2.05, 4.69) is 26.2 Å². The maximum absolute atomic E-state index is 9.11. The molecule has 2 rings (SSSR count). The molecule has 15 heavy (non-hydrogen) atoms. The number of H-pyrrole nitrogens is 1. The van der Waals surface area contributed by atoms with Crippen LogP contribution in [0.1, 0.15) is 5.56 Å². The van der Waals surface area contributed by atoms with Crippen LogP contribution >= 0.6 is 15.9 Å². The molecule has 0 aliphatic carbocycles. The van der Waals surface area contributed by atoms with Gasteiger partial charge in [-0.3, -0.25) is 0 Å². The third kappa shape index (κ3) is 2.76. The first-order valence-electron chi connectivity index (χ1n) is 4.60. The molecule has 3 N–H and O–H groups in total. The van der Waals surface area contributed by atoms with E-state index in [0.29, 0.717) is 0 Å². The van der Waals surface area contributed by atoms with Crippen molar-refractivity contribution < 1.29 is 5.11 Å². The number of nitrogens with one attached hydrogen (secondary N) is 2. The van der Waals surface area contributed by atoms with E-state index < -0.39 is 0 Å². The lowest BCUT2D eigenvalue weighted by molar-refractivity contribution is 0.475. The van der Waals surface area contributed by atoms with Gasteiger partial charge in [-0.15, -0.1) is 0 Å². The lowest BCUT2D eigenvalue weighted by Crippen LogP contribution is -1.97. The van der Waals surface area contributed by atoms with Gasteiger partial charge in [0.2, 0.25) is 0 Å². The van der Waals surface area contributed by atoms with Crippen LogP contribution in [0.3, 0.4) is 0 Å². The Morgan fingerprint density at radius 3 is 2.60 bits per heavy atom. The highest BCUT2D eigenvalue weighted by atomic mass is 79.9. The predicted molar refractivity (Wildman–Crippen MR) is 63.9 cm³/mol. The SMILES string of the molecule is Oc1ccc(NCc2c[nH]c(Br)c2)cc1. The molecule has 0 atom stereocenters. The Balaban J connectivity index is 1.96. The average Bonchev–Trinajstić information content (AvgIpc) is 2.64. The molecule has 2 aromatic rings. The van der Waals surface area contributed by atoms with Crippen molar-refractivity contribution in [3.8, 4) is 5.75 Å². The number of hydrogen-bond acceptors (Lipinski definition) is 2. The van der Waals surface area contributed by atoms with Crippen molar-refractivity contribution >= 4 is 21.6 Å². The molecular weight excluding hydrogens is 256 g/mol. The smallest absolute Gasteiger partial charge is 0.115 e. The normalized spacial score (nSPS) is 10.2. The molecule has 78 valence electrons. The second-order valence-electron chi connectivity index (χ2n) is 3.26. The van der Waals surface area contributed by atoms with Crippen LogP contribution in [-0.2, 0) is 6.54 Å². The fraction of sp³-hybridized carbons (Fsp3) is 0.0909. The lowest BCUT2D eigenvalue weighted by atomic mass is 10.3. The summed E-state index contributed by atoms with van der Waals surface area (Å²) in [6.45, 7) is 0.757. The second kappa shape index (κ2) is 4.40. The molecule has 0 radical (unpaired) electrons. The van der Waals surface area contributed by atoms with Crippen LogP contribution in [-0.4, -0.2) is 10.1 Å². The van der Waals surface area contributed by atoms with Gasteiger partial charge in [0.25, 0.3) is 0 Å². The van der Waals surface area contributed by atoms with Gasteiger partial charge in [-0.05, 0) is 51.8 Å². The Morgan fingerprint density at radius 2 is 2.00 bits per heavy atom. The third-order valence-corrected chi connectivity index (χ3v) is 2.53. The number of aromatic amines is 1. The standard InChI is InChI=1S/C11H11BrN2O/c12-11-5-8(7-14-11)6-13-9-1-3-10(15)4-2-9/h1-5,7,13-15H,6H2. The minimum Gasteiger partial charge on any atom is -0.508 e.